The molecule has 2 atom stereocenters. The van der Waals surface area contributed by atoms with E-state index in [2.05, 4.69) is 17.6 Å². The van der Waals surface area contributed by atoms with E-state index in [1.165, 1.54) is 12.1 Å². The molecule has 4 rings (SSSR count). The van der Waals surface area contributed by atoms with Crippen LogP contribution in [0, 0.1) is 11.7 Å². The first-order chi connectivity index (χ1) is 15.9. The first-order valence-corrected chi connectivity index (χ1v) is 11.6. The average molecular weight is 501 g/mol. The van der Waals surface area contributed by atoms with Crippen LogP contribution in [-0.4, -0.2) is 42.4 Å². The summed E-state index contributed by atoms with van der Waals surface area (Å²) in [4.78, 5) is 12.6. The van der Waals surface area contributed by atoms with Crippen molar-refractivity contribution in [3.8, 4) is 0 Å². The van der Waals surface area contributed by atoms with Crippen molar-refractivity contribution in [3.05, 3.63) is 70.5 Å². The molecule has 186 valence electrons. The zero-order chi connectivity index (χ0) is 25.0. The highest BCUT2D eigenvalue weighted by Crippen LogP contribution is 2.48. The Morgan fingerprint density at radius 3 is 2.21 bits per heavy atom. The standard InChI is InChI=1S/C20H21ClFNO.C5H8F3NO/c1-14(12-15-2-8-18(22)9-3-15)13-23-19(24)20(10-11-20)16-4-6-17(21)7-5-16;6-5(7,8)4(10)1-2-9-3-4/h2-9,14H,10-13H2,1H3,(H,23,24);9-10H,1-3H2. The third-order valence-corrected chi connectivity index (χ3v) is 6.60. The molecule has 1 aliphatic carbocycles. The number of carbonyl (C=O) groups excluding carboxylic acids is 1. The molecule has 9 heteroatoms. The summed E-state index contributed by atoms with van der Waals surface area (Å²) < 4.78 is 48.5. The molecule has 4 nitrogen and oxygen atoms in total. The Hall–Kier alpha value is -2.16. The van der Waals surface area contributed by atoms with Crippen LogP contribution in [0.5, 0.6) is 0 Å². The topological polar surface area (TPSA) is 61.4 Å². The molecular formula is C25H29ClF4N2O2. The lowest BCUT2D eigenvalue weighted by Crippen LogP contribution is -2.46. The van der Waals surface area contributed by atoms with Crippen LogP contribution in [0.15, 0.2) is 48.5 Å². The van der Waals surface area contributed by atoms with Crippen LogP contribution in [0.25, 0.3) is 0 Å². The van der Waals surface area contributed by atoms with Gasteiger partial charge in [-0.15, -0.1) is 0 Å². The highest BCUT2D eigenvalue weighted by atomic mass is 35.5. The molecule has 2 aromatic carbocycles. The van der Waals surface area contributed by atoms with E-state index in [0.29, 0.717) is 17.5 Å². The summed E-state index contributed by atoms with van der Waals surface area (Å²) in [6.45, 7) is 2.56. The van der Waals surface area contributed by atoms with Crippen molar-refractivity contribution in [1.82, 2.24) is 10.6 Å². The predicted octanol–water partition coefficient (Wildman–Crippen LogP) is 4.78. The number of amides is 1. The number of carbonyl (C=O) groups is 1. The van der Waals surface area contributed by atoms with Crippen molar-refractivity contribution < 1.29 is 27.5 Å². The monoisotopic (exact) mass is 500 g/mol. The van der Waals surface area contributed by atoms with Crippen LogP contribution in [-0.2, 0) is 16.6 Å². The zero-order valence-corrected chi connectivity index (χ0v) is 19.6. The van der Waals surface area contributed by atoms with Crippen molar-refractivity contribution >= 4 is 17.5 Å². The summed E-state index contributed by atoms with van der Waals surface area (Å²) in [5.41, 5.74) is -0.736. The number of hydrogen-bond acceptors (Lipinski definition) is 3. The number of nitrogens with one attached hydrogen (secondary N) is 2. The van der Waals surface area contributed by atoms with Crippen LogP contribution < -0.4 is 10.6 Å². The van der Waals surface area contributed by atoms with E-state index < -0.39 is 11.8 Å². The minimum atomic E-state index is -4.49. The van der Waals surface area contributed by atoms with Crippen LogP contribution in [0.2, 0.25) is 5.02 Å². The zero-order valence-electron chi connectivity index (χ0n) is 18.9. The van der Waals surface area contributed by atoms with E-state index in [0.717, 1.165) is 30.4 Å². The van der Waals surface area contributed by atoms with Crippen LogP contribution >= 0.6 is 11.6 Å². The van der Waals surface area contributed by atoms with Gasteiger partial charge in [0.1, 0.15) is 5.82 Å². The smallest absolute Gasteiger partial charge is 0.379 e. The number of β-amino-alcohol motifs (C(OH)–C–C–N with tert-alkyl or cyclic N) is 1. The van der Waals surface area contributed by atoms with Gasteiger partial charge < -0.3 is 15.7 Å². The number of benzene rings is 2. The van der Waals surface area contributed by atoms with E-state index >= 15 is 0 Å². The molecule has 1 saturated carbocycles. The number of hydrogen-bond donors (Lipinski definition) is 3. The van der Waals surface area contributed by atoms with E-state index in [1.54, 1.807) is 12.1 Å². The van der Waals surface area contributed by atoms with Crippen LogP contribution in [0.4, 0.5) is 17.6 Å². The first kappa shape index (κ1) is 26.4. The maximum absolute atomic E-state index is 12.9. The second kappa shape index (κ2) is 10.6. The Bertz CT molecular complexity index is 954. The largest absolute Gasteiger partial charge is 0.418 e. The fourth-order valence-electron chi connectivity index (χ4n) is 3.99. The Kier molecular flexibility index (Phi) is 8.26. The SMILES string of the molecule is CC(CNC(=O)C1(c2ccc(Cl)cc2)CC1)Cc1ccc(F)cc1.OC1(C(F)(F)F)CCNC1. The van der Waals surface area contributed by atoms with E-state index in [9.17, 15) is 22.4 Å². The molecule has 2 aliphatic rings. The molecule has 3 N–H and O–H groups in total. The van der Waals surface area contributed by atoms with Crippen molar-refractivity contribution in [2.45, 2.75) is 49.8 Å². The summed E-state index contributed by atoms with van der Waals surface area (Å²) in [5.74, 6) is 0.162. The lowest BCUT2D eigenvalue weighted by Gasteiger charge is -2.23. The van der Waals surface area contributed by atoms with Crippen molar-refractivity contribution in [2.24, 2.45) is 5.92 Å². The summed E-state index contributed by atoms with van der Waals surface area (Å²) in [6, 6.07) is 14.1. The fraction of sp³-hybridized carbons (Fsp3) is 0.480. The van der Waals surface area contributed by atoms with Crippen molar-refractivity contribution in [2.75, 3.05) is 19.6 Å². The molecule has 34 heavy (non-hydrogen) atoms. The maximum atomic E-state index is 12.9. The van der Waals surface area contributed by atoms with Gasteiger partial charge in [0.2, 0.25) is 5.91 Å². The van der Waals surface area contributed by atoms with Gasteiger partial charge in [0.05, 0.1) is 5.41 Å². The molecule has 1 saturated heterocycles. The van der Waals surface area contributed by atoms with Gasteiger partial charge in [0, 0.05) is 18.1 Å². The third-order valence-electron chi connectivity index (χ3n) is 6.35. The van der Waals surface area contributed by atoms with Gasteiger partial charge in [-0.3, -0.25) is 4.79 Å². The van der Waals surface area contributed by atoms with Gasteiger partial charge in [-0.05, 0) is 73.5 Å². The summed E-state index contributed by atoms with van der Waals surface area (Å²) >= 11 is 5.93. The third kappa shape index (κ3) is 6.49. The molecule has 1 aliphatic heterocycles. The molecule has 0 spiro atoms. The maximum Gasteiger partial charge on any atom is 0.418 e. The average Bonchev–Trinajstić information content (AvgIpc) is 3.47. The van der Waals surface area contributed by atoms with E-state index in [4.69, 9.17) is 16.7 Å². The van der Waals surface area contributed by atoms with Gasteiger partial charge in [-0.2, -0.15) is 13.2 Å². The van der Waals surface area contributed by atoms with Gasteiger partial charge in [0.15, 0.2) is 5.60 Å². The number of aliphatic hydroxyl groups is 1. The summed E-state index contributed by atoms with van der Waals surface area (Å²) in [7, 11) is 0. The summed E-state index contributed by atoms with van der Waals surface area (Å²) in [6.07, 6.45) is -2.15. The molecule has 0 radical (unpaired) electrons. The van der Waals surface area contributed by atoms with Crippen molar-refractivity contribution in [1.29, 1.82) is 0 Å². The molecule has 2 unspecified atom stereocenters. The molecule has 0 aromatic heterocycles. The van der Waals surface area contributed by atoms with Gasteiger partial charge in [-0.25, -0.2) is 4.39 Å². The molecule has 1 heterocycles. The minimum absolute atomic E-state index is 0.0933. The Labute approximate surface area is 201 Å². The lowest BCUT2D eigenvalue weighted by molar-refractivity contribution is -0.251. The first-order valence-electron chi connectivity index (χ1n) is 11.2. The highest BCUT2D eigenvalue weighted by molar-refractivity contribution is 6.30. The fourth-order valence-corrected chi connectivity index (χ4v) is 4.12. The van der Waals surface area contributed by atoms with Gasteiger partial charge in [-0.1, -0.05) is 42.8 Å². The quantitative estimate of drug-likeness (QED) is 0.500. The molecule has 2 fully saturated rings. The molecule has 0 bridgehead atoms. The normalized spacial score (nSPS) is 21.9. The Morgan fingerprint density at radius 2 is 1.74 bits per heavy atom. The number of halogens is 5. The number of rotatable bonds is 6. The van der Waals surface area contributed by atoms with Gasteiger partial charge >= 0.3 is 6.18 Å². The van der Waals surface area contributed by atoms with Gasteiger partial charge in [0.25, 0.3) is 0 Å². The minimum Gasteiger partial charge on any atom is -0.379 e. The van der Waals surface area contributed by atoms with E-state index in [-0.39, 0.29) is 36.6 Å². The molecule has 1 amide bonds. The van der Waals surface area contributed by atoms with Crippen LogP contribution in [0.3, 0.4) is 0 Å². The number of alkyl halides is 3. The van der Waals surface area contributed by atoms with Crippen LogP contribution in [0.1, 0.15) is 37.3 Å². The summed E-state index contributed by atoms with van der Waals surface area (Å²) in [5, 5.41) is 15.1. The van der Waals surface area contributed by atoms with E-state index in [1.807, 2.05) is 24.3 Å². The second-order valence-electron chi connectivity index (χ2n) is 9.19. The molecule has 2 aromatic rings. The Balaban J connectivity index is 0.000000271. The second-order valence-corrected chi connectivity index (χ2v) is 9.63. The lowest BCUT2D eigenvalue weighted by atomic mass is 9.94. The molecular weight excluding hydrogens is 472 g/mol. The van der Waals surface area contributed by atoms with Crippen molar-refractivity contribution in [3.63, 3.8) is 0 Å². The Morgan fingerprint density at radius 1 is 1.12 bits per heavy atom. The predicted molar refractivity (Wildman–Crippen MR) is 123 cm³/mol. The highest BCUT2D eigenvalue weighted by Gasteiger charge is 2.55.